The van der Waals surface area contributed by atoms with Crippen molar-refractivity contribution >= 4 is 45.1 Å². The highest BCUT2D eigenvalue weighted by Gasteiger charge is 2.19. The monoisotopic (exact) mass is 346 g/mol. The largest absolute Gasteiger partial charge is 0.465 e. The molecule has 2 N–H and O–H groups in total. The molecule has 0 atom stereocenters. The summed E-state index contributed by atoms with van der Waals surface area (Å²) in [6.45, 7) is 1.91. The van der Waals surface area contributed by atoms with Crippen molar-refractivity contribution in [2.75, 3.05) is 12.8 Å². The minimum atomic E-state index is -0.381. The summed E-state index contributed by atoms with van der Waals surface area (Å²) in [5, 5.41) is 9.12. The van der Waals surface area contributed by atoms with Crippen molar-refractivity contribution in [3.05, 3.63) is 41.1 Å². The van der Waals surface area contributed by atoms with E-state index in [-0.39, 0.29) is 5.97 Å². The molecular formula is C15H14N4O2S2. The van der Waals surface area contributed by atoms with Crippen LogP contribution < -0.4 is 5.73 Å². The molecule has 0 bridgehead atoms. The Balaban J connectivity index is 2.04. The second-order valence-electron chi connectivity index (χ2n) is 4.76. The third-order valence-corrected chi connectivity index (χ3v) is 5.27. The molecule has 0 radical (unpaired) electrons. The van der Waals surface area contributed by atoms with Crippen LogP contribution in [0.3, 0.4) is 0 Å². The Labute approximate surface area is 141 Å². The number of thioether (sulfide) groups is 1. The van der Waals surface area contributed by atoms with Gasteiger partial charge in [-0.3, -0.25) is 4.98 Å². The molecule has 8 heteroatoms. The van der Waals surface area contributed by atoms with Crippen molar-refractivity contribution in [2.45, 2.75) is 17.0 Å². The van der Waals surface area contributed by atoms with Gasteiger partial charge in [-0.05, 0) is 18.6 Å². The highest BCUT2D eigenvalue weighted by Crippen LogP contribution is 2.30. The fourth-order valence-corrected chi connectivity index (χ4v) is 3.91. The lowest BCUT2D eigenvalue weighted by Crippen LogP contribution is -2.10. The number of ether oxygens (including phenoxy) is 1. The van der Waals surface area contributed by atoms with Crippen LogP contribution in [0.5, 0.6) is 0 Å². The Kier molecular flexibility index (Phi) is 4.44. The number of nitrogens with zero attached hydrogens (tertiary/aromatic N) is 3. The third-order valence-electron chi connectivity index (χ3n) is 3.37. The maximum atomic E-state index is 12.2. The molecule has 0 aliphatic heterocycles. The SMILES string of the molecule is COC(=O)c1c(CSc2nnc(N)s2)nc2ccccc2c1C. The second-order valence-corrected chi connectivity index (χ2v) is 6.99. The molecule has 6 nitrogen and oxygen atoms in total. The van der Waals surface area contributed by atoms with E-state index < -0.39 is 0 Å². The van der Waals surface area contributed by atoms with Crippen LogP contribution in [-0.2, 0) is 10.5 Å². The highest BCUT2D eigenvalue weighted by atomic mass is 32.2. The van der Waals surface area contributed by atoms with E-state index in [1.54, 1.807) is 0 Å². The quantitative estimate of drug-likeness (QED) is 0.573. The van der Waals surface area contributed by atoms with Crippen LogP contribution in [0.15, 0.2) is 28.6 Å². The highest BCUT2D eigenvalue weighted by molar-refractivity contribution is 8.00. The van der Waals surface area contributed by atoms with Gasteiger partial charge < -0.3 is 10.5 Å². The third kappa shape index (κ3) is 3.13. The summed E-state index contributed by atoms with van der Waals surface area (Å²) in [5.41, 5.74) is 8.49. The fraction of sp³-hybridized carbons (Fsp3) is 0.200. The second kappa shape index (κ2) is 6.51. The molecule has 2 aromatic heterocycles. The number of esters is 1. The number of hydrogen-bond acceptors (Lipinski definition) is 8. The lowest BCUT2D eigenvalue weighted by molar-refractivity contribution is 0.0598. The predicted molar refractivity (Wildman–Crippen MR) is 91.7 cm³/mol. The molecule has 0 aliphatic carbocycles. The van der Waals surface area contributed by atoms with Gasteiger partial charge in [-0.25, -0.2) is 4.79 Å². The van der Waals surface area contributed by atoms with Crippen molar-refractivity contribution in [1.82, 2.24) is 15.2 Å². The van der Waals surface area contributed by atoms with Gasteiger partial charge in [0.2, 0.25) is 5.13 Å². The Hall–Kier alpha value is -2.19. The fourth-order valence-electron chi connectivity index (χ4n) is 2.33. The molecule has 0 amide bonds. The van der Waals surface area contributed by atoms with Gasteiger partial charge in [0.15, 0.2) is 4.34 Å². The Morgan fingerprint density at radius 1 is 1.35 bits per heavy atom. The number of pyridine rings is 1. The summed E-state index contributed by atoms with van der Waals surface area (Å²) in [6, 6.07) is 7.73. The van der Waals surface area contributed by atoms with Gasteiger partial charge in [0.05, 0.1) is 23.9 Å². The van der Waals surface area contributed by atoms with Crippen LogP contribution in [0.1, 0.15) is 21.6 Å². The molecule has 118 valence electrons. The number of aromatic nitrogens is 3. The van der Waals surface area contributed by atoms with Crippen molar-refractivity contribution in [3.63, 3.8) is 0 Å². The molecule has 0 unspecified atom stereocenters. The molecule has 0 aliphatic rings. The number of aryl methyl sites for hydroxylation is 1. The van der Waals surface area contributed by atoms with E-state index in [1.807, 2.05) is 31.2 Å². The van der Waals surface area contributed by atoms with E-state index in [0.717, 1.165) is 20.8 Å². The van der Waals surface area contributed by atoms with E-state index in [4.69, 9.17) is 10.5 Å². The van der Waals surface area contributed by atoms with Gasteiger partial charge in [0.25, 0.3) is 0 Å². The van der Waals surface area contributed by atoms with Crippen molar-refractivity contribution in [2.24, 2.45) is 0 Å². The standard InChI is InChI=1S/C15H14N4O2S2/c1-8-9-5-3-4-6-10(9)17-11(12(8)13(20)21-2)7-22-15-19-18-14(16)23-15/h3-6H,7H2,1-2H3,(H2,16,18). The lowest BCUT2D eigenvalue weighted by Gasteiger charge is -2.12. The van der Waals surface area contributed by atoms with Crippen LogP contribution >= 0.6 is 23.1 Å². The van der Waals surface area contributed by atoms with Gasteiger partial charge in [-0.1, -0.05) is 41.3 Å². The van der Waals surface area contributed by atoms with E-state index >= 15 is 0 Å². The average Bonchev–Trinajstić information content (AvgIpc) is 2.98. The summed E-state index contributed by atoms with van der Waals surface area (Å²) < 4.78 is 5.67. The molecule has 2 heterocycles. The topological polar surface area (TPSA) is 91.0 Å². The zero-order valence-corrected chi connectivity index (χ0v) is 14.2. The minimum Gasteiger partial charge on any atom is -0.465 e. The molecule has 0 spiro atoms. The molecule has 0 saturated carbocycles. The van der Waals surface area contributed by atoms with Gasteiger partial charge in [0.1, 0.15) is 0 Å². The average molecular weight is 346 g/mol. The normalized spacial score (nSPS) is 10.9. The number of hydrogen-bond donors (Lipinski definition) is 1. The van der Waals surface area contributed by atoms with Gasteiger partial charge in [-0.2, -0.15) is 0 Å². The van der Waals surface area contributed by atoms with Crippen molar-refractivity contribution < 1.29 is 9.53 Å². The summed E-state index contributed by atoms with van der Waals surface area (Å²) in [4.78, 5) is 16.8. The molecule has 3 aromatic rings. The maximum Gasteiger partial charge on any atom is 0.340 e. The van der Waals surface area contributed by atoms with Crippen molar-refractivity contribution in [1.29, 1.82) is 0 Å². The molecule has 3 rings (SSSR count). The Morgan fingerprint density at radius 3 is 2.83 bits per heavy atom. The zero-order chi connectivity index (χ0) is 16.4. The first-order valence-electron chi connectivity index (χ1n) is 6.78. The van der Waals surface area contributed by atoms with E-state index in [1.165, 1.54) is 30.2 Å². The van der Waals surface area contributed by atoms with Crippen LogP contribution in [0.25, 0.3) is 10.9 Å². The molecule has 23 heavy (non-hydrogen) atoms. The first-order chi connectivity index (χ1) is 11.1. The molecule has 1 aromatic carbocycles. The number of anilines is 1. The molecule has 0 saturated heterocycles. The number of methoxy groups -OCH3 is 1. The summed E-state index contributed by atoms with van der Waals surface area (Å²) in [6.07, 6.45) is 0. The van der Waals surface area contributed by atoms with Crippen LogP contribution in [0.4, 0.5) is 5.13 Å². The predicted octanol–water partition coefficient (Wildman–Crippen LogP) is 3.06. The van der Waals surface area contributed by atoms with Gasteiger partial charge >= 0.3 is 5.97 Å². The minimum absolute atomic E-state index is 0.381. The van der Waals surface area contributed by atoms with Crippen LogP contribution in [0.2, 0.25) is 0 Å². The summed E-state index contributed by atoms with van der Waals surface area (Å²) >= 11 is 2.76. The molecule has 0 fully saturated rings. The van der Waals surface area contributed by atoms with Gasteiger partial charge in [0, 0.05) is 11.1 Å². The number of rotatable bonds is 4. The van der Waals surface area contributed by atoms with E-state index in [9.17, 15) is 4.79 Å². The van der Waals surface area contributed by atoms with E-state index in [2.05, 4.69) is 15.2 Å². The number of para-hydroxylation sites is 1. The smallest absolute Gasteiger partial charge is 0.340 e. The van der Waals surface area contributed by atoms with Gasteiger partial charge in [-0.15, -0.1) is 10.2 Å². The Bertz CT molecular complexity index is 879. The van der Waals surface area contributed by atoms with Crippen molar-refractivity contribution in [3.8, 4) is 0 Å². The first-order valence-corrected chi connectivity index (χ1v) is 8.58. The number of fused-ring (bicyclic) bond motifs is 1. The number of carbonyl (C=O) groups is 1. The number of nitrogens with two attached hydrogens (primary N) is 1. The summed E-state index contributed by atoms with van der Waals surface area (Å²) in [5.74, 6) is 0.109. The number of carbonyl (C=O) groups excluding carboxylic acids is 1. The van der Waals surface area contributed by atoms with E-state index in [0.29, 0.717) is 22.1 Å². The Morgan fingerprint density at radius 2 is 2.13 bits per heavy atom. The zero-order valence-electron chi connectivity index (χ0n) is 12.6. The number of benzene rings is 1. The van der Waals surface area contributed by atoms with Crippen LogP contribution in [-0.4, -0.2) is 28.3 Å². The lowest BCUT2D eigenvalue weighted by atomic mass is 10.0. The summed E-state index contributed by atoms with van der Waals surface area (Å²) in [7, 11) is 1.37. The molecular weight excluding hydrogens is 332 g/mol. The first kappa shape index (κ1) is 15.7. The number of nitrogen functional groups attached to an aromatic ring is 1. The van der Waals surface area contributed by atoms with Crippen LogP contribution in [0, 0.1) is 6.92 Å². The maximum absolute atomic E-state index is 12.2.